The molecule has 0 saturated carbocycles. The molecular formula is C8H9N3O3. The minimum Gasteiger partial charge on any atom is -0.508 e. The third kappa shape index (κ3) is 3.02. The summed E-state index contributed by atoms with van der Waals surface area (Å²) in [6, 6.07) is 4.12. The first kappa shape index (κ1) is 9.85. The van der Waals surface area contributed by atoms with Crippen LogP contribution in [0.5, 0.6) is 5.75 Å². The van der Waals surface area contributed by atoms with Crippen LogP contribution >= 0.6 is 0 Å². The zero-order chi connectivity index (χ0) is 10.6. The molecule has 0 aliphatic carbocycles. The van der Waals surface area contributed by atoms with Crippen LogP contribution in [0.1, 0.15) is 0 Å². The van der Waals surface area contributed by atoms with Crippen molar-refractivity contribution in [1.82, 2.24) is 5.32 Å². The monoisotopic (exact) mass is 195 g/mol. The van der Waals surface area contributed by atoms with Gasteiger partial charge in [0.25, 0.3) is 0 Å². The molecule has 0 atom stereocenters. The quantitative estimate of drug-likeness (QED) is 0.493. The van der Waals surface area contributed by atoms with E-state index in [1.54, 1.807) is 0 Å². The molecule has 0 spiro atoms. The molecule has 0 radical (unpaired) electrons. The van der Waals surface area contributed by atoms with E-state index in [1.807, 2.05) is 5.32 Å². The minimum atomic E-state index is -0.929. The SMILES string of the molecule is NC(=O)NC(=O)Nc1ccc(O)cc1. The smallest absolute Gasteiger partial charge is 0.327 e. The summed E-state index contributed by atoms with van der Waals surface area (Å²) in [6.07, 6.45) is 0. The Morgan fingerprint density at radius 3 is 2.29 bits per heavy atom. The summed E-state index contributed by atoms with van der Waals surface area (Å²) in [7, 11) is 0. The molecule has 0 bridgehead atoms. The van der Waals surface area contributed by atoms with E-state index in [9.17, 15) is 9.59 Å². The number of carbonyl (C=O) groups is 2. The Labute approximate surface area is 79.7 Å². The second-order valence-corrected chi connectivity index (χ2v) is 2.49. The summed E-state index contributed by atoms with van der Waals surface area (Å²) < 4.78 is 0. The number of urea groups is 2. The fraction of sp³-hybridized carbons (Fsp3) is 0. The van der Waals surface area contributed by atoms with Crippen LogP contribution in [-0.2, 0) is 0 Å². The zero-order valence-corrected chi connectivity index (χ0v) is 7.15. The molecule has 6 heteroatoms. The second kappa shape index (κ2) is 4.13. The first-order chi connectivity index (χ1) is 6.58. The van der Waals surface area contributed by atoms with E-state index in [0.717, 1.165) is 0 Å². The van der Waals surface area contributed by atoms with Crippen molar-refractivity contribution >= 4 is 17.7 Å². The Balaban J connectivity index is 2.56. The number of nitrogens with two attached hydrogens (primary N) is 1. The molecular weight excluding hydrogens is 186 g/mol. The number of amides is 4. The van der Waals surface area contributed by atoms with Crippen LogP contribution in [0.4, 0.5) is 15.3 Å². The van der Waals surface area contributed by atoms with Crippen molar-refractivity contribution in [2.75, 3.05) is 5.32 Å². The Kier molecular flexibility index (Phi) is 2.90. The number of rotatable bonds is 1. The van der Waals surface area contributed by atoms with Gasteiger partial charge in [-0.3, -0.25) is 5.32 Å². The summed E-state index contributed by atoms with van der Waals surface area (Å²) in [5.41, 5.74) is 5.17. The van der Waals surface area contributed by atoms with Crippen molar-refractivity contribution in [3.8, 4) is 5.75 Å². The Morgan fingerprint density at radius 2 is 1.79 bits per heavy atom. The van der Waals surface area contributed by atoms with Crippen molar-refractivity contribution in [3.05, 3.63) is 24.3 Å². The van der Waals surface area contributed by atoms with Gasteiger partial charge >= 0.3 is 12.1 Å². The highest BCUT2D eigenvalue weighted by Gasteiger charge is 2.03. The summed E-state index contributed by atoms with van der Waals surface area (Å²) >= 11 is 0. The number of aromatic hydroxyl groups is 1. The van der Waals surface area contributed by atoms with E-state index in [1.165, 1.54) is 24.3 Å². The van der Waals surface area contributed by atoms with Gasteiger partial charge in [0.15, 0.2) is 0 Å². The Morgan fingerprint density at radius 1 is 1.21 bits per heavy atom. The third-order valence-corrected chi connectivity index (χ3v) is 1.36. The number of imide groups is 1. The van der Waals surface area contributed by atoms with Crippen LogP contribution in [0.25, 0.3) is 0 Å². The lowest BCUT2D eigenvalue weighted by Crippen LogP contribution is -2.38. The van der Waals surface area contributed by atoms with E-state index in [-0.39, 0.29) is 5.75 Å². The van der Waals surface area contributed by atoms with E-state index in [4.69, 9.17) is 10.8 Å². The number of phenolic OH excluding ortho intramolecular Hbond substituents is 1. The van der Waals surface area contributed by atoms with Gasteiger partial charge in [0.2, 0.25) is 0 Å². The fourth-order valence-corrected chi connectivity index (χ4v) is 0.819. The van der Waals surface area contributed by atoms with Crippen molar-refractivity contribution in [2.24, 2.45) is 5.73 Å². The molecule has 4 amide bonds. The number of hydrogen-bond donors (Lipinski definition) is 4. The average molecular weight is 195 g/mol. The minimum absolute atomic E-state index is 0.0888. The molecule has 5 N–H and O–H groups in total. The van der Waals surface area contributed by atoms with Gasteiger partial charge in [0, 0.05) is 5.69 Å². The molecule has 0 fully saturated rings. The number of phenols is 1. The van der Waals surface area contributed by atoms with E-state index in [0.29, 0.717) is 5.69 Å². The fourth-order valence-electron chi connectivity index (χ4n) is 0.819. The predicted octanol–water partition coefficient (Wildman–Crippen LogP) is 0.592. The second-order valence-electron chi connectivity index (χ2n) is 2.49. The molecule has 0 aliphatic heterocycles. The Bertz CT molecular complexity index is 347. The number of benzene rings is 1. The van der Waals surface area contributed by atoms with Gasteiger partial charge in [0.1, 0.15) is 5.75 Å². The van der Waals surface area contributed by atoms with Crippen molar-refractivity contribution in [1.29, 1.82) is 0 Å². The number of anilines is 1. The van der Waals surface area contributed by atoms with Gasteiger partial charge in [-0.15, -0.1) is 0 Å². The lowest BCUT2D eigenvalue weighted by Gasteiger charge is -2.04. The van der Waals surface area contributed by atoms with E-state index in [2.05, 4.69) is 5.32 Å². The van der Waals surface area contributed by atoms with Crippen LogP contribution in [-0.4, -0.2) is 17.2 Å². The Hall–Kier alpha value is -2.24. The summed E-state index contributed by atoms with van der Waals surface area (Å²) in [6.45, 7) is 0. The molecule has 74 valence electrons. The third-order valence-electron chi connectivity index (χ3n) is 1.36. The largest absolute Gasteiger partial charge is 0.508 e. The highest BCUT2D eigenvalue weighted by molar-refractivity contribution is 6.00. The molecule has 0 aliphatic rings. The summed E-state index contributed by atoms with van der Waals surface area (Å²) in [4.78, 5) is 21.2. The van der Waals surface area contributed by atoms with Crippen LogP contribution in [0.2, 0.25) is 0 Å². The molecule has 6 nitrogen and oxygen atoms in total. The van der Waals surface area contributed by atoms with E-state index >= 15 is 0 Å². The van der Waals surface area contributed by atoms with Crippen LogP contribution in [0, 0.1) is 0 Å². The first-order valence-corrected chi connectivity index (χ1v) is 3.74. The average Bonchev–Trinajstić information content (AvgIpc) is 2.07. The zero-order valence-electron chi connectivity index (χ0n) is 7.15. The predicted molar refractivity (Wildman–Crippen MR) is 49.8 cm³/mol. The van der Waals surface area contributed by atoms with Crippen molar-refractivity contribution in [2.45, 2.75) is 0 Å². The van der Waals surface area contributed by atoms with Gasteiger partial charge in [0.05, 0.1) is 0 Å². The first-order valence-electron chi connectivity index (χ1n) is 3.74. The molecule has 1 rings (SSSR count). The molecule has 0 aromatic heterocycles. The molecule has 1 aromatic carbocycles. The number of hydrogen-bond acceptors (Lipinski definition) is 3. The number of nitrogens with one attached hydrogen (secondary N) is 2. The standard InChI is InChI=1S/C8H9N3O3/c9-7(13)11-8(14)10-5-1-3-6(12)4-2-5/h1-4,12H,(H4,9,10,11,13,14). The lowest BCUT2D eigenvalue weighted by molar-refractivity contribution is 0.238. The topological polar surface area (TPSA) is 104 Å². The lowest BCUT2D eigenvalue weighted by atomic mass is 10.3. The molecule has 0 saturated heterocycles. The van der Waals surface area contributed by atoms with Crippen molar-refractivity contribution < 1.29 is 14.7 Å². The maximum Gasteiger partial charge on any atom is 0.327 e. The maximum atomic E-state index is 10.9. The molecule has 14 heavy (non-hydrogen) atoms. The summed E-state index contributed by atoms with van der Waals surface area (Å²) in [5.74, 6) is 0.0888. The van der Waals surface area contributed by atoms with Gasteiger partial charge in [-0.1, -0.05) is 0 Å². The maximum absolute atomic E-state index is 10.9. The van der Waals surface area contributed by atoms with Crippen molar-refractivity contribution in [3.63, 3.8) is 0 Å². The molecule has 0 heterocycles. The number of carbonyl (C=O) groups excluding carboxylic acids is 2. The number of primary amides is 1. The van der Waals surface area contributed by atoms with Gasteiger partial charge in [-0.25, -0.2) is 9.59 Å². The normalized spacial score (nSPS) is 9.14. The molecule has 1 aromatic rings. The molecule has 0 unspecified atom stereocenters. The highest BCUT2D eigenvalue weighted by atomic mass is 16.3. The van der Waals surface area contributed by atoms with Gasteiger partial charge < -0.3 is 16.2 Å². The van der Waals surface area contributed by atoms with Crippen LogP contribution in [0.3, 0.4) is 0 Å². The van der Waals surface area contributed by atoms with Gasteiger partial charge in [-0.05, 0) is 24.3 Å². The van der Waals surface area contributed by atoms with Crippen LogP contribution < -0.4 is 16.4 Å². The van der Waals surface area contributed by atoms with E-state index < -0.39 is 12.1 Å². The highest BCUT2D eigenvalue weighted by Crippen LogP contribution is 2.13. The summed E-state index contributed by atoms with van der Waals surface area (Å²) in [5, 5.41) is 13.1. The van der Waals surface area contributed by atoms with Gasteiger partial charge in [-0.2, -0.15) is 0 Å². The van der Waals surface area contributed by atoms with Crippen LogP contribution in [0.15, 0.2) is 24.3 Å².